The van der Waals surface area contributed by atoms with Crippen molar-refractivity contribution in [2.75, 3.05) is 5.32 Å². The lowest BCUT2D eigenvalue weighted by Crippen LogP contribution is -2.07. The molecule has 1 aliphatic rings. The normalized spacial score (nSPS) is 15.6. The highest BCUT2D eigenvalue weighted by molar-refractivity contribution is 6.41. The van der Waals surface area contributed by atoms with Crippen LogP contribution < -0.4 is 5.32 Å². The van der Waals surface area contributed by atoms with Gasteiger partial charge in [0, 0.05) is 11.2 Å². The van der Waals surface area contributed by atoms with Crippen LogP contribution in [0.2, 0.25) is 15.1 Å². The van der Waals surface area contributed by atoms with Gasteiger partial charge < -0.3 is 5.32 Å². The largest absolute Gasteiger partial charge is 0.377 e. The van der Waals surface area contributed by atoms with Crippen LogP contribution in [0.3, 0.4) is 0 Å². The Labute approximate surface area is 139 Å². The Kier molecular flexibility index (Phi) is 4.63. The lowest BCUT2D eigenvalue weighted by atomic mass is 10.3. The number of rotatable bonds is 4. The van der Waals surface area contributed by atoms with E-state index in [4.69, 9.17) is 34.8 Å². The highest BCUT2D eigenvalue weighted by Crippen LogP contribution is 2.34. The number of hydrogen-bond acceptors (Lipinski definition) is 2. The molecule has 0 aliphatic heterocycles. The Balaban J connectivity index is 1.68. The van der Waals surface area contributed by atoms with Crippen LogP contribution in [0.15, 0.2) is 24.4 Å². The van der Waals surface area contributed by atoms with Gasteiger partial charge in [-0.3, -0.25) is 4.68 Å². The predicted molar refractivity (Wildman–Crippen MR) is 88.5 cm³/mol. The summed E-state index contributed by atoms with van der Waals surface area (Å²) in [5.41, 5.74) is 1.67. The average Bonchev–Trinajstić information content (AvgIpc) is 3.08. The second-order valence-electron chi connectivity index (χ2n) is 5.32. The van der Waals surface area contributed by atoms with Gasteiger partial charge in [-0.25, -0.2) is 0 Å². The minimum absolute atomic E-state index is 0.516. The maximum atomic E-state index is 6.15. The van der Waals surface area contributed by atoms with Crippen LogP contribution in [0.25, 0.3) is 0 Å². The molecule has 1 fully saturated rings. The Morgan fingerprint density at radius 3 is 2.48 bits per heavy atom. The second kappa shape index (κ2) is 6.47. The number of anilines is 1. The van der Waals surface area contributed by atoms with E-state index in [0.29, 0.717) is 33.3 Å². The molecule has 6 heteroatoms. The van der Waals surface area contributed by atoms with Crippen LogP contribution in [0.5, 0.6) is 0 Å². The Morgan fingerprint density at radius 2 is 1.81 bits per heavy atom. The topological polar surface area (TPSA) is 29.9 Å². The fourth-order valence-electron chi connectivity index (χ4n) is 2.73. The van der Waals surface area contributed by atoms with Crippen molar-refractivity contribution in [3.05, 3.63) is 45.2 Å². The molecule has 3 nitrogen and oxygen atoms in total. The first kappa shape index (κ1) is 15.0. The van der Waals surface area contributed by atoms with E-state index in [9.17, 15) is 0 Å². The first-order valence-electron chi connectivity index (χ1n) is 7.06. The second-order valence-corrected chi connectivity index (χ2v) is 6.57. The molecule has 0 spiro atoms. The maximum absolute atomic E-state index is 6.15. The van der Waals surface area contributed by atoms with Gasteiger partial charge in [0.15, 0.2) is 0 Å². The fraction of sp³-hybridized carbons (Fsp3) is 0.400. The smallest absolute Gasteiger partial charge is 0.0815 e. The zero-order chi connectivity index (χ0) is 14.8. The van der Waals surface area contributed by atoms with Crippen LogP contribution in [0, 0.1) is 0 Å². The fourth-order valence-corrected chi connectivity index (χ4v) is 3.68. The van der Waals surface area contributed by atoms with E-state index in [-0.39, 0.29) is 0 Å². The Hall–Kier alpha value is -0.900. The van der Waals surface area contributed by atoms with E-state index < -0.39 is 0 Å². The summed E-state index contributed by atoms with van der Waals surface area (Å²) < 4.78 is 2.08. The molecule has 0 atom stereocenters. The molecule has 0 radical (unpaired) electrons. The van der Waals surface area contributed by atoms with Gasteiger partial charge in [0.05, 0.1) is 34.0 Å². The number of halogens is 3. The molecule has 0 bridgehead atoms. The van der Waals surface area contributed by atoms with Crippen LogP contribution >= 0.6 is 34.8 Å². The number of aromatic nitrogens is 2. The molecule has 0 unspecified atom stereocenters. The van der Waals surface area contributed by atoms with Crippen molar-refractivity contribution in [2.45, 2.75) is 38.3 Å². The molecule has 2 aromatic rings. The quantitative estimate of drug-likeness (QED) is 0.785. The number of hydrogen-bond donors (Lipinski definition) is 1. The molecule has 21 heavy (non-hydrogen) atoms. The average molecular weight is 345 g/mol. The Bertz CT molecular complexity index is 610. The van der Waals surface area contributed by atoms with Gasteiger partial charge >= 0.3 is 0 Å². The highest BCUT2D eigenvalue weighted by atomic mass is 35.5. The van der Waals surface area contributed by atoms with Gasteiger partial charge in [0.1, 0.15) is 0 Å². The van der Waals surface area contributed by atoms with Crippen molar-refractivity contribution in [2.24, 2.45) is 0 Å². The SMILES string of the molecule is Clc1cc(Cl)c(NCc2ccn(C3CCCC3)n2)c(Cl)c1. The zero-order valence-corrected chi connectivity index (χ0v) is 13.7. The van der Waals surface area contributed by atoms with Gasteiger partial charge in [-0.15, -0.1) is 0 Å². The minimum atomic E-state index is 0.516. The van der Waals surface area contributed by atoms with Crippen molar-refractivity contribution in [1.82, 2.24) is 9.78 Å². The third-order valence-corrected chi connectivity index (χ3v) is 4.63. The minimum Gasteiger partial charge on any atom is -0.377 e. The molecule has 1 N–H and O–H groups in total. The molecule has 3 rings (SSSR count). The summed E-state index contributed by atoms with van der Waals surface area (Å²) in [6.45, 7) is 0.584. The summed E-state index contributed by atoms with van der Waals surface area (Å²) in [7, 11) is 0. The molecule has 0 amide bonds. The van der Waals surface area contributed by atoms with Crippen molar-refractivity contribution in [3.8, 4) is 0 Å². The van der Waals surface area contributed by atoms with Crippen molar-refractivity contribution in [1.29, 1.82) is 0 Å². The molecule has 1 heterocycles. The molecular formula is C15H16Cl3N3. The van der Waals surface area contributed by atoms with Crippen molar-refractivity contribution in [3.63, 3.8) is 0 Å². The van der Waals surface area contributed by atoms with Crippen LogP contribution in [-0.4, -0.2) is 9.78 Å². The first-order valence-corrected chi connectivity index (χ1v) is 8.19. The third-order valence-electron chi connectivity index (χ3n) is 3.82. The van der Waals surface area contributed by atoms with Gasteiger partial charge in [-0.2, -0.15) is 5.10 Å². The summed E-state index contributed by atoms with van der Waals surface area (Å²) in [5, 5.41) is 9.42. The molecule has 1 aromatic carbocycles. The molecule has 1 aliphatic carbocycles. The Morgan fingerprint density at radius 1 is 1.14 bits per heavy atom. The predicted octanol–water partition coefficient (Wildman–Crippen LogP) is 5.57. The first-order chi connectivity index (χ1) is 10.1. The van der Waals surface area contributed by atoms with Crippen molar-refractivity contribution < 1.29 is 0 Å². The highest BCUT2D eigenvalue weighted by Gasteiger charge is 2.17. The van der Waals surface area contributed by atoms with E-state index in [2.05, 4.69) is 21.3 Å². The molecule has 1 saturated carbocycles. The summed E-state index contributed by atoms with van der Waals surface area (Å²) in [5.74, 6) is 0. The van der Waals surface area contributed by atoms with Gasteiger partial charge in [0.25, 0.3) is 0 Å². The van der Waals surface area contributed by atoms with Crippen LogP contribution in [-0.2, 0) is 6.54 Å². The number of nitrogens with zero attached hydrogens (tertiary/aromatic N) is 2. The lowest BCUT2D eigenvalue weighted by molar-refractivity contribution is 0.463. The third kappa shape index (κ3) is 3.47. The monoisotopic (exact) mass is 343 g/mol. The molecular weight excluding hydrogens is 329 g/mol. The van der Waals surface area contributed by atoms with Gasteiger partial charge in [0.2, 0.25) is 0 Å². The van der Waals surface area contributed by atoms with Gasteiger partial charge in [-0.05, 0) is 31.0 Å². The van der Waals surface area contributed by atoms with Crippen molar-refractivity contribution >= 4 is 40.5 Å². The standard InChI is InChI=1S/C15H16Cl3N3/c16-10-7-13(17)15(14(18)8-10)19-9-11-5-6-21(20-11)12-3-1-2-4-12/h5-8,12,19H,1-4,9H2. The van der Waals surface area contributed by atoms with E-state index in [1.165, 1.54) is 25.7 Å². The van der Waals surface area contributed by atoms with E-state index in [1.54, 1.807) is 12.1 Å². The summed E-state index contributed by atoms with van der Waals surface area (Å²) in [4.78, 5) is 0. The van der Waals surface area contributed by atoms with E-state index in [1.807, 2.05) is 6.07 Å². The summed E-state index contributed by atoms with van der Waals surface area (Å²) in [6.07, 6.45) is 7.10. The van der Waals surface area contributed by atoms with E-state index >= 15 is 0 Å². The lowest BCUT2D eigenvalue weighted by Gasteiger charge is -2.11. The number of benzene rings is 1. The zero-order valence-electron chi connectivity index (χ0n) is 11.5. The molecule has 1 aromatic heterocycles. The number of nitrogens with one attached hydrogen (secondary N) is 1. The van der Waals surface area contributed by atoms with Crippen LogP contribution in [0.1, 0.15) is 37.4 Å². The van der Waals surface area contributed by atoms with Gasteiger partial charge in [-0.1, -0.05) is 47.6 Å². The summed E-state index contributed by atoms with van der Waals surface area (Å²) in [6, 6.07) is 5.94. The van der Waals surface area contributed by atoms with Crippen LogP contribution in [0.4, 0.5) is 5.69 Å². The molecule has 112 valence electrons. The summed E-state index contributed by atoms with van der Waals surface area (Å²) >= 11 is 18.2. The molecule has 0 saturated heterocycles. The maximum Gasteiger partial charge on any atom is 0.0815 e. The van der Waals surface area contributed by atoms with E-state index in [0.717, 1.165) is 5.69 Å².